The van der Waals surface area contributed by atoms with E-state index in [1.54, 1.807) is 25.1 Å². The smallest absolute Gasteiger partial charge is 0.416 e. The molecule has 0 aliphatic carbocycles. The van der Waals surface area contributed by atoms with Crippen LogP contribution in [0.5, 0.6) is 5.75 Å². The van der Waals surface area contributed by atoms with Gasteiger partial charge in [0.15, 0.2) is 0 Å². The molecule has 0 spiro atoms. The molecular weight excluding hydrogens is 349 g/mol. The van der Waals surface area contributed by atoms with Crippen LogP contribution in [0.3, 0.4) is 0 Å². The van der Waals surface area contributed by atoms with E-state index in [0.29, 0.717) is 27.8 Å². The number of fused-ring (bicyclic) bond motifs is 1. The van der Waals surface area contributed by atoms with E-state index in [-0.39, 0.29) is 12.4 Å². The van der Waals surface area contributed by atoms with Crippen LogP contribution in [0.15, 0.2) is 46.9 Å². The third-order valence-corrected chi connectivity index (χ3v) is 3.96. The Morgan fingerprint density at radius 2 is 1.81 bits per heavy atom. The molecule has 136 valence electrons. The van der Waals surface area contributed by atoms with Crippen molar-refractivity contribution in [1.82, 2.24) is 0 Å². The third kappa shape index (κ3) is 3.37. The van der Waals surface area contributed by atoms with Gasteiger partial charge in [-0.1, -0.05) is 18.2 Å². The average Bonchev–Trinajstić information content (AvgIpc) is 2.96. The summed E-state index contributed by atoms with van der Waals surface area (Å²) in [5.74, 6) is -0.0285. The monoisotopic (exact) mass is 364 g/mol. The van der Waals surface area contributed by atoms with E-state index < -0.39 is 17.7 Å². The van der Waals surface area contributed by atoms with Crippen LogP contribution in [-0.4, -0.2) is 13.1 Å². The SMILES string of the molecule is COC(=O)c1oc2cccc(OCc3ccc(C(F)(F)F)cc3)c2c1C. The fraction of sp³-hybridized carbons (Fsp3) is 0.211. The lowest BCUT2D eigenvalue weighted by Crippen LogP contribution is -2.05. The van der Waals surface area contributed by atoms with E-state index >= 15 is 0 Å². The van der Waals surface area contributed by atoms with Gasteiger partial charge in [-0.15, -0.1) is 0 Å². The molecule has 0 unspecified atom stereocenters. The predicted molar refractivity (Wildman–Crippen MR) is 88.1 cm³/mol. The standard InChI is InChI=1S/C19H15F3O4/c1-11-16-14(4-3-5-15(16)26-17(11)18(23)24-2)25-10-12-6-8-13(9-7-12)19(20,21)22/h3-9H,10H2,1-2H3. The van der Waals surface area contributed by atoms with E-state index in [1.165, 1.54) is 19.2 Å². The van der Waals surface area contributed by atoms with Gasteiger partial charge < -0.3 is 13.9 Å². The van der Waals surface area contributed by atoms with Crippen LogP contribution in [0.1, 0.15) is 27.2 Å². The number of furan rings is 1. The Morgan fingerprint density at radius 1 is 1.12 bits per heavy atom. The van der Waals surface area contributed by atoms with Crippen molar-refractivity contribution < 1.29 is 31.9 Å². The van der Waals surface area contributed by atoms with Crippen molar-refractivity contribution in [2.45, 2.75) is 19.7 Å². The molecule has 0 amide bonds. The summed E-state index contributed by atoms with van der Waals surface area (Å²) in [5, 5.41) is 0.625. The topological polar surface area (TPSA) is 48.7 Å². The molecule has 1 aromatic heterocycles. The quantitative estimate of drug-likeness (QED) is 0.603. The highest BCUT2D eigenvalue weighted by molar-refractivity contribution is 5.98. The van der Waals surface area contributed by atoms with Crippen molar-refractivity contribution >= 4 is 16.9 Å². The zero-order valence-electron chi connectivity index (χ0n) is 14.0. The molecule has 3 aromatic rings. The predicted octanol–water partition coefficient (Wildman–Crippen LogP) is 5.13. The summed E-state index contributed by atoms with van der Waals surface area (Å²) < 4.78 is 53.8. The minimum atomic E-state index is -4.37. The fourth-order valence-electron chi connectivity index (χ4n) is 2.62. The van der Waals surface area contributed by atoms with Gasteiger partial charge in [0.2, 0.25) is 5.76 Å². The van der Waals surface area contributed by atoms with Gasteiger partial charge in [-0.05, 0) is 36.8 Å². The highest BCUT2D eigenvalue weighted by atomic mass is 19.4. The average molecular weight is 364 g/mol. The number of halogens is 3. The van der Waals surface area contributed by atoms with Gasteiger partial charge in [0.1, 0.15) is 17.9 Å². The summed E-state index contributed by atoms with van der Waals surface area (Å²) in [6.07, 6.45) is -4.37. The number of carbonyl (C=O) groups is 1. The van der Waals surface area contributed by atoms with Gasteiger partial charge in [-0.25, -0.2) is 4.79 Å². The first-order valence-corrected chi connectivity index (χ1v) is 7.70. The summed E-state index contributed by atoms with van der Waals surface area (Å²) >= 11 is 0. The van der Waals surface area contributed by atoms with Crippen LogP contribution in [0, 0.1) is 6.92 Å². The van der Waals surface area contributed by atoms with Crippen molar-refractivity contribution in [3.63, 3.8) is 0 Å². The normalized spacial score (nSPS) is 11.6. The number of alkyl halides is 3. The maximum atomic E-state index is 12.6. The lowest BCUT2D eigenvalue weighted by Gasteiger charge is -2.10. The van der Waals surface area contributed by atoms with E-state index in [4.69, 9.17) is 9.15 Å². The number of aryl methyl sites for hydroxylation is 1. The third-order valence-electron chi connectivity index (χ3n) is 3.96. The molecule has 0 saturated heterocycles. The molecule has 0 saturated carbocycles. The number of esters is 1. The number of hydrogen-bond acceptors (Lipinski definition) is 4. The summed E-state index contributed by atoms with van der Waals surface area (Å²) in [6, 6.07) is 9.86. The zero-order valence-corrected chi connectivity index (χ0v) is 14.0. The minimum Gasteiger partial charge on any atom is -0.488 e. The molecule has 0 aliphatic rings. The number of carbonyl (C=O) groups excluding carboxylic acids is 1. The van der Waals surface area contributed by atoms with Crippen molar-refractivity contribution in [2.24, 2.45) is 0 Å². The number of benzene rings is 2. The number of rotatable bonds is 4. The highest BCUT2D eigenvalue weighted by Gasteiger charge is 2.30. The Morgan fingerprint density at radius 3 is 2.42 bits per heavy atom. The second-order valence-corrected chi connectivity index (χ2v) is 5.66. The first kappa shape index (κ1) is 17.8. The molecule has 3 rings (SSSR count). The molecule has 0 atom stereocenters. The first-order valence-electron chi connectivity index (χ1n) is 7.70. The molecular formula is C19H15F3O4. The molecule has 2 aromatic carbocycles. The molecule has 26 heavy (non-hydrogen) atoms. The van der Waals surface area contributed by atoms with Crippen molar-refractivity contribution in [3.05, 3.63) is 64.9 Å². The summed E-state index contributed by atoms with van der Waals surface area (Å²) in [4.78, 5) is 11.8. The maximum absolute atomic E-state index is 12.6. The lowest BCUT2D eigenvalue weighted by molar-refractivity contribution is -0.137. The first-order chi connectivity index (χ1) is 12.3. The van der Waals surface area contributed by atoms with Gasteiger partial charge in [0, 0.05) is 5.56 Å². The number of ether oxygens (including phenoxy) is 2. The van der Waals surface area contributed by atoms with Crippen LogP contribution in [0.4, 0.5) is 13.2 Å². The van der Waals surface area contributed by atoms with Gasteiger partial charge in [-0.3, -0.25) is 0 Å². The fourth-order valence-corrected chi connectivity index (χ4v) is 2.62. The van der Waals surface area contributed by atoms with Gasteiger partial charge in [0.05, 0.1) is 18.1 Å². The molecule has 0 bridgehead atoms. The van der Waals surface area contributed by atoms with Crippen molar-refractivity contribution in [3.8, 4) is 5.75 Å². The van der Waals surface area contributed by atoms with E-state index in [0.717, 1.165) is 12.1 Å². The molecule has 0 aliphatic heterocycles. The highest BCUT2D eigenvalue weighted by Crippen LogP contribution is 2.34. The zero-order chi connectivity index (χ0) is 18.9. The van der Waals surface area contributed by atoms with E-state index in [9.17, 15) is 18.0 Å². The molecule has 0 fully saturated rings. The molecule has 0 N–H and O–H groups in total. The van der Waals surface area contributed by atoms with Crippen LogP contribution in [-0.2, 0) is 17.5 Å². The summed E-state index contributed by atoms with van der Waals surface area (Å²) in [7, 11) is 1.26. The second-order valence-electron chi connectivity index (χ2n) is 5.66. The lowest BCUT2D eigenvalue weighted by atomic mass is 10.1. The Bertz CT molecular complexity index is 940. The largest absolute Gasteiger partial charge is 0.488 e. The van der Waals surface area contributed by atoms with Crippen molar-refractivity contribution in [1.29, 1.82) is 0 Å². The van der Waals surface area contributed by atoms with Gasteiger partial charge >= 0.3 is 12.1 Å². The van der Waals surface area contributed by atoms with E-state index in [2.05, 4.69) is 4.74 Å². The second kappa shape index (κ2) is 6.74. The molecule has 4 nitrogen and oxygen atoms in total. The summed E-state index contributed by atoms with van der Waals surface area (Å²) in [6.45, 7) is 1.79. The van der Waals surface area contributed by atoms with Crippen LogP contribution in [0.2, 0.25) is 0 Å². The molecule has 1 heterocycles. The Balaban J connectivity index is 1.85. The Kier molecular flexibility index (Phi) is 4.63. The minimum absolute atomic E-state index is 0.0788. The van der Waals surface area contributed by atoms with Crippen LogP contribution < -0.4 is 4.74 Å². The van der Waals surface area contributed by atoms with Gasteiger partial charge in [-0.2, -0.15) is 13.2 Å². The van der Waals surface area contributed by atoms with Gasteiger partial charge in [0.25, 0.3) is 0 Å². The number of hydrogen-bond donors (Lipinski definition) is 0. The molecule has 7 heteroatoms. The Hall–Kier alpha value is -2.96. The van der Waals surface area contributed by atoms with Crippen molar-refractivity contribution in [2.75, 3.05) is 7.11 Å². The summed E-state index contributed by atoms with van der Waals surface area (Å²) in [5.41, 5.74) is 0.920. The maximum Gasteiger partial charge on any atom is 0.416 e. The molecule has 0 radical (unpaired) electrons. The van der Waals surface area contributed by atoms with Crippen LogP contribution >= 0.6 is 0 Å². The Labute approximate surface area is 147 Å². The van der Waals surface area contributed by atoms with E-state index in [1.807, 2.05) is 0 Å². The number of methoxy groups -OCH3 is 1. The van der Waals surface area contributed by atoms with Crippen LogP contribution in [0.25, 0.3) is 11.0 Å².